The summed E-state index contributed by atoms with van der Waals surface area (Å²) in [5, 5.41) is 8.77. The maximum absolute atomic E-state index is 12.6. The summed E-state index contributed by atoms with van der Waals surface area (Å²) in [6.07, 6.45) is 5.23. The van der Waals surface area contributed by atoms with Crippen LogP contribution in [0, 0.1) is 0 Å². The molecule has 0 radical (unpaired) electrons. The summed E-state index contributed by atoms with van der Waals surface area (Å²) < 4.78 is 15.7. The minimum absolute atomic E-state index is 0.0938. The molecular formula is C22H27BN4O3. The largest absolute Gasteiger partial charge is 0.494 e. The van der Waals surface area contributed by atoms with Gasteiger partial charge in [0.1, 0.15) is 11.4 Å². The normalized spacial score (nSPS) is 18.5. The quantitative estimate of drug-likeness (QED) is 0.623. The molecule has 1 aliphatic heterocycles. The molecule has 0 saturated carbocycles. The maximum Gasteiger partial charge on any atom is 0.494 e. The molecule has 3 heterocycles. The molecule has 1 aromatic carbocycles. The average molecular weight is 406 g/mol. The fourth-order valence-electron chi connectivity index (χ4n) is 3.50. The van der Waals surface area contributed by atoms with Gasteiger partial charge in [0.15, 0.2) is 0 Å². The third-order valence-electron chi connectivity index (χ3n) is 6.14. The third-order valence-corrected chi connectivity index (χ3v) is 6.14. The van der Waals surface area contributed by atoms with Gasteiger partial charge in [-0.15, -0.1) is 0 Å². The van der Waals surface area contributed by atoms with Crippen LogP contribution >= 0.6 is 0 Å². The SMILES string of the molecule is CC(c1cccc(B2OC(C)(C)C(C)(C)O2)c1)c1nn(-c2cnn(C)c2)ccc1=O. The second kappa shape index (κ2) is 7.21. The van der Waals surface area contributed by atoms with E-state index < -0.39 is 18.3 Å². The molecule has 30 heavy (non-hydrogen) atoms. The van der Waals surface area contributed by atoms with E-state index >= 15 is 0 Å². The first-order valence-corrected chi connectivity index (χ1v) is 10.1. The van der Waals surface area contributed by atoms with Gasteiger partial charge < -0.3 is 9.31 Å². The highest BCUT2D eigenvalue weighted by Gasteiger charge is 2.51. The predicted molar refractivity (Wildman–Crippen MR) is 116 cm³/mol. The number of aryl methyl sites for hydroxylation is 1. The van der Waals surface area contributed by atoms with Crippen molar-refractivity contribution in [3.63, 3.8) is 0 Å². The first-order valence-electron chi connectivity index (χ1n) is 10.1. The van der Waals surface area contributed by atoms with Gasteiger partial charge in [-0.2, -0.15) is 10.2 Å². The van der Waals surface area contributed by atoms with E-state index in [4.69, 9.17) is 9.31 Å². The van der Waals surface area contributed by atoms with Gasteiger partial charge in [-0.1, -0.05) is 31.2 Å². The van der Waals surface area contributed by atoms with E-state index in [9.17, 15) is 4.79 Å². The maximum atomic E-state index is 12.6. The van der Waals surface area contributed by atoms with Gasteiger partial charge in [-0.25, -0.2) is 4.68 Å². The van der Waals surface area contributed by atoms with Gasteiger partial charge in [-0.3, -0.25) is 9.48 Å². The lowest BCUT2D eigenvalue weighted by atomic mass is 9.77. The molecule has 0 N–H and O–H groups in total. The smallest absolute Gasteiger partial charge is 0.399 e. The molecule has 3 aromatic rings. The molecule has 4 rings (SSSR count). The van der Waals surface area contributed by atoms with Crippen molar-refractivity contribution in [2.75, 3.05) is 0 Å². The van der Waals surface area contributed by atoms with Gasteiger partial charge >= 0.3 is 7.12 Å². The summed E-state index contributed by atoms with van der Waals surface area (Å²) in [5.74, 6) is -0.191. The molecule has 1 aliphatic rings. The highest BCUT2D eigenvalue weighted by molar-refractivity contribution is 6.62. The molecule has 1 fully saturated rings. The van der Waals surface area contributed by atoms with Crippen molar-refractivity contribution in [1.29, 1.82) is 0 Å². The highest BCUT2D eigenvalue weighted by atomic mass is 16.7. The van der Waals surface area contributed by atoms with E-state index in [2.05, 4.69) is 10.2 Å². The van der Waals surface area contributed by atoms with Crippen molar-refractivity contribution in [2.24, 2.45) is 7.05 Å². The summed E-state index contributed by atoms with van der Waals surface area (Å²) in [5.41, 5.74) is 2.29. The van der Waals surface area contributed by atoms with Crippen molar-refractivity contribution in [2.45, 2.75) is 51.7 Å². The summed E-state index contributed by atoms with van der Waals surface area (Å²) in [6.45, 7) is 10.1. The van der Waals surface area contributed by atoms with Crippen LogP contribution in [0.4, 0.5) is 0 Å². The van der Waals surface area contributed by atoms with Gasteiger partial charge in [-0.05, 0) is 38.7 Å². The molecule has 0 aliphatic carbocycles. The number of benzene rings is 1. The first-order chi connectivity index (χ1) is 14.1. The van der Waals surface area contributed by atoms with Crippen LogP contribution in [-0.4, -0.2) is 37.9 Å². The second-order valence-corrected chi connectivity index (χ2v) is 8.86. The van der Waals surface area contributed by atoms with Gasteiger partial charge in [0.25, 0.3) is 0 Å². The molecule has 7 nitrogen and oxygen atoms in total. The van der Waals surface area contributed by atoms with Crippen LogP contribution in [0.25, 0.3) is 5.69 Å². The Morgan fingerprint density at radius 3 is 2.43 bits per heavy atom. The van der Waals surface area contributed by atoms with Gasteiger partial charge in [0.05, 0.1) is 23.6 Å². The van der Waals surface area contributed by atoms with Gasteiger partial charge in [0, 0.05) is 25.2 Å². The fourth-order valence-corrected chi connectivity index (χ4v) is 3.50. The zero-order chi connectivity index (χ0) is 21.7. The number of hydrogen-bond acceptors (Lipinski definition) is 5. The Balaban J connectivity index is 1.66. The van der Waals surface area contributed by atoms with E-state index in [0.717, 1.165) is 16.7 Å². The molecule has 0 amide bonds. The Bertz CT molecular complexity index is 1120. The van der Waals surface area contributed by atoms with Crippen molar-refractivity contribution in [3.8, 4) is 5.69 Å². The van der Waals surface area contributed by atoms with Crippen LogP contribution in [0.1, 0.15) is 51.8 Å². The molecule has 1 unspecified atom stereocenters. The lowest BCUT2D eigenvalue weighted by Crippen LogP contribution is -2.41. The number of rotatable bonds is 4. The standard InChI is InChI=1S/C22H27BN4O3/c1-15(20-19(28)10-11-27(25-20)18-13-24-26(6)14-18)16-8-7-9-17(12-16)23-29-21(2,3)22(4,5)30-23/h7-15H,1-6H3. The zero-order valence-electron chi connectivity index (χ0n) is 18.3. The number of aromatic nitrogens is 4. The minimum Gasteiger partial charge on any atom is -0.399 e. The van der Waals surface area contributed by atoms with Crippen LogP contribution in [0.15, 0.2) is 53.7 Å². The van der Waals surface area contributed by atoms with Crippen molar-refractivity contribution < 1.29 is 9.31 Å². The van der Waals surface area contributed by atoms with Crippen molar-refractivity contribution in [1.82, 2.24) is 19.6 Å². The molecule has 0 bridgehead atoms. The Labute approximate surface area is 176 Å². The molecule has 1 atom stereocenters. The van der Waals surface area contributed by atoms with Crippen LogP contribution in [0.5, 0.6) is 0 Å². The minimum atomic E-state index is -0.446. The van der Waals surface area contributed by atoms with Crippen LogP contribution in [0.2, 0.25) is 0 Å². The lowest BCUT2D eigenvalue weighted by molar-refractivity contribution is 0.00578. The highest BCUT2D eigenvalue weighted by Crippen LogP contribution is 2.36. The van der Waals surface area contributed by atoms with Crippen LogP contribution in [-0.2, 0) is 16.4 Å². The van der Waals surface area contributed by atoms with Crippen LogP contribution in [0.3, 0.4) is 0 Å². The van der Waals surface area contributed by atoms with Crippen molar-refractivity contribution in [3.05, 3.63) is 70.4 Å². The lowest BCUT2D eigenvalue weighted by Gasteiger charge is -2.32. The Kier molecular flexibility index (Phi) is 4.94. The summed E-state index contributed by atoms with van der Waals surface area (Å²) in [4.78, 5) is 12.6. The number of nitrogens with zero attached hydrogens (tertiary/aromatic N) is 4. The Morgan fingerprint density at radius 1 is 1.10 bits per heavy atom. The number of hydrogen-bond donors (Lipinski definition) is 0. The van der Waals surface area contributed by atoms with Gasteiger partial charge in [0.2, 0.25) is 5.43 Å². The van der Waals surface area contributed by atoms with Crippen LogP contribution < -0.4 is 10.9 Å². The van der Waals surface area contributed by atoms with E-state index in [1.54, 1.807) is 27.8 Å². The fraction of sp³-hybridized carbons (Fsp3) is 0.409. The van der Waals surface area contributed by atoms with E-state index in [-0.39, 0.29) is 11.3 Å². The molecule has 8 heteroatoms. The predicted octanol–water partition coefficient (Wildman–Crippen LogP) is 2.42. The monoisotopic (exact) mass is 406 g/mol. The average Bonchev–Trinajstić information content (AvgIpc) is 3.22. The van der Waals surface area contributed by atoms with E-state index in [1.807, 2.05) is 72.1 Å². The Hall–Kier alpha value is -2.71. The van der Waals surface area contributed by atoms with E-state index in [0.29, 0.717) is 5.69 Å². The molecule has 2 aromatic heterocycles. The topological polar surface area (TPSA) is 71.2 Å². The Morgan fingerprint density at radius 2 is 1.80 bits per heavy atom. The zero-order valence-corrected chi connectivity index (χ0v) is 18.3. The molecular weight excluding hydrogens is 379 g/mol. The summed E-state index contributed by atoms with van der Waals surface area (Å²) in [7, 11) is 1.40. The molecule has 156 valence electrons. The first kappa shape index (κ1) is 20.6. The molecule has 0 spiro atoms. The summed E-state index contributed by atoms with van der Waals surface area (Å²) >= 11 is 0. The summed E-state index contributed by atoms with van der Waals surface area (Å²) in [6, 6.07) is 9.54. The molecule has 1 saturated heterocycles. The van der Waals surface area contributed by atoms with Crippen molar-refractivity contribution >= 4 is 12.6 Å². The third kappa shape index (κ3) is 3.61. The second-order valence-electron chi connectivity index (χ2n) is 8.86. The van der Waals surface area contributed by atoms with E-state index in [1.165, 1.54) is 0 Å².